The maximum absolute atomic E-state index is 13.8. The largest absolute Gasteiger partial charge is 0.454 e. The van der Waals surface area contributed by atoms with Gasteiger partial charge in [0.1, 0.15) is 36.3 Å². The van der Waals surface area contributed by atoms with Crippen LogP contribution in [0.3, 0.4) is 0 Å². The Labute approximate surface area is 327 Å². The Morgan fingerprint density at radius 2 is 1.55 bits per heavy atom. The van der Waals surface area contributed by atoms with Crippen LogP contribution < -0.4 is 20.9 Å². The van der Waals surface area contributed by atoms with E-state index in [1.54, 1.807) is 50.6 Å². The molecular weight excluding hydrogens is 737 g/mol. The number of allylic oxidation sites excluding steroid dienone is 3. The number of esters is 1. The number of hydrogen-bond acceptors (Lipinski definition) is 12. The average Bonchev–Trinajstić information content (AvgIpc) is 3.66. The lowest BCUT2D eigenvalue weighted by molar-refractivity contribution is -0.160. The Morgan fingerprint density at radius 1 is 0.945 bits per heavy atom. The molecule has 0 aliphatic carbocycles. The molecule has 0 spiro atoms. The minimum absolute atomic E-state index is 0.104. The van der Waals surface area contributed by atoms with Gasteiger partial charge < -0.3 is 25.5 Å². The molecule has 55 heavy (non-hydrogen) atoms. The molecule has 1 aromatic heterocycles. The predicted molar refractivity (Wildman–Crippen MR) is 215 cm³/mol. The second-order valence-electron chi connectivity index (χ2n) is 13.4. The zero-order valence-corrected chi connectivity index (χ0v) is 32.2. The molecule has 1 fully saturated rings. The lowest BCUT2D eigenvalue weighted by Gasteiger charge is -2.42. The van der Waals surface area contributed by atoms with Gasteiger partial charge in [-0.3, -0.25) is 19.3 Å². The van der Waals surface area contributed by atoms with Gasteiger partial charge in [-0.25, -0.2) is 9.78 Å². The number of thiazole rings is 1. The quantitative estimate of drug-likeness (QED) is 0.0268. The molecule has 2 aliphatic heterocycles. The highest BCUT2D eigenvalue weighted by atomic mass is 32.2. The number of ether oxygens (including phenoxy) is 1. The highest BCUT2D eigenvalue weighted by Gasteiger charge is 2.47. The fourth-order valence-corrected chi connectivity index (χ4v) is 8.03. The third-order valence-corrected chi connectivity index (χ3v) is 10.5. The van der Waals surface area contributed by atoms with Crippen molar-refractivity contribution in [2.75, 3.05) is 23.1 Å². The Morgan fingerprint density at radius 3 is 2.05 bits per heavy atom. The molecule has 0 bridgehead atoms. The summed E-state index contributed by atoms with van der Waals surface area (Å²) in [5.41, 5.74) is 1.51. The number of anilines is 2. The molecule has 0 radical (unpaired) electrons. The molecule has 14 heteroatoms. The van der Waals surface area contributed by atoms with E-state index < -0.39 is 46.8 Å². The van der Waals surface area contributed by atoms with Crippen LogP contribution in [0, 0.1) is 0 Å². The van der Waals surface area contributed by atoms with E-state index >= 15 is 0 Å². The number of ketones is 1. The van der Waals surface area contributed by atoms with Crippen LogP contribution in [-0.2, 0) is 34.3 Å². The van der Waals surface area contributed by atoms with Gasteiger partial charge >= 0.3 is 5.97 Å². The Kier molecular flexibility index (Phi) is 12.0. The number of oxime groups is 1. The van der Waals surface area contributed by atoms with E-state index in [4.69, 9.17) is 14.6 Å². The minimum Gasteiger partial charge on any atom is -0.454 e. The lowest BCUT2D eigenvalue weighted by Crippen LogP contribution is -2.71. The van der Waals surface area contributed by atoms with Crippen molar-refractivity contribution < 1.29 is 28.8 Å². The maximum atomic E-state index is 13.8. The second-order valence-corrected chi connectivity index (χ2v) is 15.3. The Hall–Kier alpha value is -5.99. The average molecular weight is 777 g/mol. The molecule has 6 rings (SSSR count). The van der Waals surface area contributed by atoms with Crippen molar-refractivity contribution in [3.63, 3.8) is 0 Å². The summed E-state index contributed by atoms with van der Waals surface area (Å²) in [4.78, 5) is 64.6. The van der Waals surface area contributed by atoms with E-state index in [-0.39, 0.29) is 16.5 Å². The summed E-state index contributed by atoms with van der Waals surface area (Å²) in [6, 6.07) is 28.4. The van der Waals surface area contributed by atoms with E-state index in [2.05, 4.69) is 21.1 Å². The fraction of sp³-hybridized carbons (Fsp3) is 0.220. The molecule has 282 valence electrons. The zero-order chi connectivity index (χ0) is 39.0. The summed E-state index contributed by atoms with van der Waals surface area (Å²) in [5, 5.41) is 15.4. The zero-order valence-electron chi connectivity index (χ0n) is 30.6. The first-order chi connectivity index (χ1) is 26.5. The van der Waals surface area contributed by atoms with Gasteiger partial charge in [0.2, 0.25) is 5.91 Å². The summed E-state index contributed by atoms with van der Waals surface area (Å²) in [5.74, 6) is -2.57. The van der Waals surface area contributed by atoms with Crippen molar-refractivity contribution >= 4 is 63.8 Å². The number of hydrogen-bond donors (Lipinski definition) is 3. The summed E-state index contributed by atoms with van der Waals surface area (Å²) in [7, 11) is 1.31. The number of aromatic nitrogens is 1. The molecule has 1 saturated heterocycles. The van der Waals surface area contributed by atoms with Crippen molar-refractivity contribution in [2.45, 2.75) is 44.0 Å². The van der Waals surface area contributed by atoms with E-state index in [0.717, 1.165) is 34.7 Å². The molecule has 2 unspecified atom stereocenters. The van der Waals surface area contributed by atoms with Crippen LogP contribution in [0.1, 0.15) is 37.5 Å². The van der Waals surface area contributed by atoms with Gasteiger partial charge in [-0.1, -0.05) is 102 Å². The second kappa shape index (κ2) is 17.0. The topological polar surface area (TPSA) is 151 Å². The van der Waals surface area contributed by atoms with Gasteiger partial charge in [0.05, 0.1) is 16.6 Å². The van der Waals surface area contributed by atoms with E-state index in [0.29, 0.717) is 10.8 Å². The summed E-state index contributed by atoms with van der Waals surface area (Å²) in [6.45, 7) is 5.03. The first kappa shape index (κ1) is 38.7. The number of amides is 2. The van der Waals surface area contributed by atoms with Crippen LogP contribution in [0.15, 0.2) is 137 Å². The normalized spacial score (nSPS) is 17.4. The van der Waals surface area contributed by atoms with Crippen LogP contribution in [0.4, 0.5) is 10.9 Å². The molecule has 3 N–H and O–H groups in total. The molecule has 4 aromatic rings. The number of thioether (sulfide) groups is 1. The summed E-state index contributed by atoms with van der Waals surface area (Å²) in [6.07, 6.45) is 7.76. The van der Waals surface area contributed by atoms with Gasteiger partial charge in [-0.15, -0.1) is 23.1 Å². The van der Waals surface area contributed by atoms with Gasteiger partial charge in [0, 0.05) is 17.3 Å². The van der Waals surface area contributed by atoms with Crippen LogP contribution in [-0.4, -0.2) is 65.3 Å². The first-order valence-electron chi connectivity index (χ1n) is 17.4. The highest BCUT2D eigenvalue weighted by molar-refractivity contribution is 8.04. The summed E-state index contributed by atoms with van der Waals surface area (Å²) >= 11 is 2.35. The van der Waals surface area contributed by atoms with Crippen LogP contribution in [0.25, 0.3) is 0 Å². The number of nitrogens with zero attached hydrogens (tertiary/aromatic N) is 3. The van der Waals surface area contributed by atoms with Crippen LogP contribution in [0.5, 0.6) is 0 Å². The molecule has 2 amide bonds. The monoisotopic (exact) mass is 776 g/mol. The number of dihydropyridines is 1. The van der Waals surface area contributed by atoms with Crippen molar-refractivity contribution in [1.82, 2.24) is 15.6 Å². The SMILES string of the molecule is CON=CC(=O)N(c1csc(NC(c2ccccc2)(c2ccccc2)c2ccccc2)n1)C1C(=O)NC1CSC(C(=O)C(=O)OC(C)(C)C)=C1C=CC=CN1. The van der Waals surface area contributed by atoms with Gasteiger partial charge in [0.15, 0.2) is 5.13 Å². The predicted octanol–water partition coefficient (Wildman–Crippen LogP) is 5.91. The van der Waals surface area contributed by atoms with Gasteiger partial charge in [0.25, 0.3) is 11.7 Å². The van der Waals surface area contributed by atoms with E-state index in [1.165, 1.54) is 23.3 Å². The molecule has 0 saturated carbocycles. The molecule has 2 aliphatic rings. The first-order valence-corrected chi connectivity index (χ1v) is 19.2. The highest BCUT2D eigenvalue weighted by Crippen LogP contribution is 2.41. The van der Waals surface area contributed by atoms with Crippen molar-refractivity contribution in [3.8, 4) is 0 Å². The van der Waals surface area contributed by atoms with Crippen LogP contribution >= 0.6 is 23.1 Å². The van der Waals surface area contributed by atoms with Crippen molar-refractivity contribution in [2.24, 2.45) is 5.16 Å². The molecular formula is C41H40N6O6S2. The molecule has 3 aromatic carbocycles. The van der Waals surface area contributed by atoms with Crippen molar-refractivity contribution in [3.05, 3.63) is 148 Å². The molecule has 3 heterocycles. The third-order valence-electron chi connectivity index (χ3n) is 8.57. The fourth-order valence-electron chi connectivity index (χ4n) is 6.18. The number of benzene rings is 3. The number of nitrogens with one attached hydrogen (secondary N) is 3. The molecule has 12 nitrogen and oxygen atoms in total. The Bertz CT molecular complexity index is 2050. The standard InChI is InChI=1S/C41H40N6O6S2/c1-40(2,3)53-38(51)35(49)36(30-22-14-15-23-42-30)54-25-31-34(37(50)44-31)47(33(48)24-43-52-4)32-26-55-39(45-32)46-41(27-16-8-5-9-17-27,28-18-10-6-11-19-28)29-20-12-7-13-21-29/h5-24,26,31,34,42H,25H2,1-4H3,(H,44,50)(H,45,46). The minimum atomic E-state index is -1.03. The lowest BCUT2D eigenvalue weighted by atomic mass is 9.77. The number of carbonyl (C=O) groups is 4. The number of β-lactam (4-membered cyclic amide) rings is 1. The Balaban J connectivity index is 1.34. The van der Waals surface area contributed by atoms with Crippen molar-refractivity contribution in [1.29, 1.82) is 0 Å². The number of rotatable bonds is 14. The van der Waals surface area contributed by atoms with Gasteiger partial charge in [-0.05, 0) is 49.6 Å². The van der Waals surface area contributed by atoms with E-state index in [1.807, 2.05) is 91.0 Å². The summed E-state index contributed by atoms with van der Waals surface area (Å²) < 4.78 is 5.38. The molecule has 2 atom stereocenters. The van der Waals surface area contributed by atoms with Gasteiger partial charge in [-0.2, -0.15) is 0 Å². The maximum Gasteiger partial charge on any atom is 0.380 e. The number of Topliss-reactive ketones (excluding diaryl/α,β-unsaturated/α-hetero) is 1. The van der Waals surface area contributed by atoms with Crippen LogP contribution in [0.2, 0.25) is 0 Å². The smallest absolute Gasteiger partial charge is 0.380 e. The third kappa shape index (κ3) is 8.71. The van der Waals surface area contributed by atoms with E-state index in [9.17, 15) is 19.2 Å². The number of carbonyl (C=O) groups excluding carboxylic acids is 4.